The highest BCUT2D eigenvalue weighted by Gasteiger charge is 2.11. The van der Waals surface area contributed by atoms with E-state index >= 15 is 0 Å². The van der Waals surface area contributed by atoms with Crippen LogP contribution in [0.15, 0.2) is 41.3 Å². The van der Waals surface area contributed by atoms with Crippen LogP contribution in [0.3, 0.4) is 0 Å². The Bertz CT molecular complexity index is 702. The van der Waals surface area contributed by atoms with Crippen LogP contribution in [0.4, 0.5) is 5.69 Å². The smallest absolute Gasteiger partial charge is 0.266 e. The van der Waals surface area contributed by atoms with E-state index in [1.54, 1.807) is 12.1 Å². The third-order valence-corrected chi connectivity index (χ3v) is 3.74. The minimum Gasteiger partial charge on any atom is -0.320 e. The summed E-state index contributed by atoms with van der Waals surface area (Å²) in [6, 6.07) is 10.3. The van der Waals surface area contributed by atoms with Crippen LogP contribution in [-0.4, -0.2) is 5.91 Å². The average molecular weight is 323 g/mol. The SMILES string of the molecule is N#C/C(=C\c1cccs1)C(=O)Nc1ccc(Cl)cc1Cl. The number of nitrogens with zero attached hydrogens (tertiary/aromatic N) is 1. The topological polar surface area (TPSA) is 52.9 Å². The molecule has 1 aromatic carbocycles. The van der Waals surface area contributed by atoms with Gasteiger partial charge in [-0.15, -0.1) is 11.3 Å². The van der Waals surface area contributed by atoms with Crippen LogP contribution >= 0.6 is 34.5 Å². The van der Waals surface area contributed by atoms with Crippen LogP contribution in [0.1, 0.15) is 4.88 Å². The monoisotopic (exact) mass is 322 g/mol. The Morgan fingerprint density at radius 1 is 1.35 bits per heavy atom. The van der Waals surface area contributed by atoms with Gasteiger partial charge in [0.2, 0.25) is 0 Å². The van der Waals surface area contributed by atoms with Gasteiger partial charge in [0.25, 0.3) is 5.91 Å². The van der Waals surface area contributed by atoms with Crippen molar-refractivity contribution in [3.63, 3.8) is 0 Å². The molecule has 0 radical (unpaired) electrons. The summed E-state index contributed by atoms with van der Waals surface area (Å²) >= 11 is 13.2. The van der Waals surface area contributed by atoms with Crippen LogP contribution in [-0.2, 0) is 4.79 Å². The summed E-state index contributed by atoms with van der Waals surface area (Å²) in [4.78, 5) is 12.9. The lowest BCUT2D eigenvalue weighted by Crippen LogP contribution is -2.13. The first-order valence-corrected chi connectivity index (χ1v) is 7.15. The maximum atomic E-state index is 12.0. The molecule has 1 N–H and O–H groups in total. The predicted octanol–water partition coefficient (Wildman–Crippen LogP) is 4.60. The van der Waals surface area contributed by atoms with E-state index in [9.17, 15) is 4.79 Å². The summed E-state index contributed by atoms with van der Waals surface area (Å²) in [5, 5.41) is 14.3. The zero-order chi connectivity index (χ0) is 14.5. The fraction of sp³-hybridized carbons (Fsp3) is 0. The summed E-state index contributed by atoms with van der Waals surface area (Å²) in [6.07, 6.45) is 1.53. The molecule has 0 spiro atoms. The number of thiophene rings is 1. The molecule has 0 bridgehead atoms. The first-order valence-electron chi connectivity index (χ1n) is 5.52. The van der Waals surface area contributed by atoms with Crippen molar-refractivity contribution in [2.75, 3.05) is 5.32 Å². The van der Waals surface area contributed by atoms with E-state index in [-0.39, 0.29) is 5.57 Å². The van der Waals surface area contributed by atoms with Gasteiger partial charge in [-0.05, 0) is 35.7 Å². The molecule has 6 heteroatoms. The Morgan fingerprint density at radius 2 is 2.15 bits per heavy atom. The van der Waals surface area contributed by atoms with Crippen molar-refractivity contribution in [2.24, 2.45) is 0 Å². The molecule has 0 unspecified atom stereocenters. The Kier molecular flexibility index (Phi) is 4.80. The first kappa shape index (κ1) is 14.6. The van der Waals surface area contributed by atoms with Gasteiger partial charge >= 0.3 is 0 Å². The van der Waals surface area contributed by atoms with Crippen LogP contribution in [0, 0.1) is 11.3 Å². The molecule has 0 saturated heterocycles. The molecular formula is C14H8Cl2N2OS. The lowest BCUT2D eigenvalue weighted by molar-refractivity contribution is -0.112. The molecule has 0 aliphatic heterocycles. The van der Waals surface area contributed by atoms with Gasteiger partial charge in [0.1, 0.15) is 11.6 Å². The molecule has 20 heavy (non-hydrogen) atoms. The second-order valence-electron chi connectivity index (χ2n) is 3.76. The highest BCUT2D eigenvalue weighted by atomic mass is 35.5. The van der Waals surface area contributed by atoms with E-state index in [1.807, 2.05) is 23.6 Å². The second kappa shape index (κ2) is 6.58. The van der Waals surface area contributed by atoms with Gasteiger partial charge in [0.05, 0.1) is 10.7 Å². The molecule has 100 valence electrons. The van der Waals surface area contributed by atoms with Gasteiger partial charge in [0, 0.05) is 9.90 Å². The van der Waals surface area contributed by atoms with E-state index in [0.29, 0.717) is 15.7 Å². The number of benzene rings is 1. The summed E-state index contributed by atoms with van der Waals surface area (Å²) in [6.45, 7) is 0. The van der Waals surface area contributed by atoms with Crippen LogP contribution in [0.2, 0.25) is 10.0 Å². The van der Waals surface area contributed by atoms with Crippen LogP contribution in [0.5, 0.6) is 0 Å². The van der Waals surface area contributed by atoms with Crippen molar-refractivity contribution >= 4 is 52.2 Å². The summed E-state index contributed by atoms with van der Waals surface area (Å²) in [5.41, 5.74) is 0.423. The number of hydrogen-bond donors (Lipinski definition) is 1. The fourth-order valence-electron chi connectivity index (χ4n) is 1.44. The molecule has 3 nitrogen and oxygen atoms in total. The number of rotatable bonds is 3. The van der Waals surface area contributed by atoms with Crippen molar-refractivity contribution < 1.29 is 4.79 Å². The minimum atomic E-state index is -0.509. The van der Waals surface area contributed by atoms with Crippen LogP contribution in [0.25, 0.3) is 6.08 Å². The first-order chi connectivity index (χ1) is 9.60. The standard InChI is InChI=1S/C14H8Cl2N2OS/c15-10-3-4-13(12(16)7-10)18-14(19)9(8-17)6-11-2-1-5-20-11/h1-7H,(H,18,19)/b9-6+. The van der Waals surface area contributed by atoms with Gasteiger partial charge < -0.3 is 5.32 Å². The molecule has 0 aliphatic rings. The zero-order valence-corrected chi connectivity index (χ0v) is 12.4. The second-order valence-corrected chi connectivity index (χ2v) is 5.59. The molecule has 0 aliphatic carbocycles. The molecule has 1 aromatic heterocycles. The van der Waals surface area contributed by atoms with Crippen molar-refractivity contribution in [1.82, 2.24) is 0 Å². The molecule has 0 saturated carbocycles. The predicted molar refractivity (Wildman–Crippen MR) is 83.0 cm³/mol. The Balaban J connectivity index is 2.20. The maximum absolute atomic E-state index is 12.0. The number of carbonyl (C=O) groups is 1. The number of halogens is 2. The minimum absolute atomic E-state index is 0.0125. The number of amides is 1. The molecule has 2 aromatic rings. The molecular weight excluding hydrogens is 315 g/mol. The van der Waals surface area contributed by atoms with Crippen molar-refractivity contribution in [3.8, 4) is 6.07 Å². The third kappa shape index (κ3) is 3.61. The van der Waals surface area contributed by atoms with E-state index in [0.717, 1.165) is 4.88 Å². The van der Waals surface area contributed by atoms with Crippen molar-refractivity contribution in [3.05, 3.63) is 56.2 Å². The van der Waals surface area contributed by atoms with Crippen molar-refractivity contribution in [1.29, 1.82) is 5.26 Å². The van der Waals surface area contributed by atoms with Gasteiger partial charge in [0.15, 0.2) is 0 Å². The quantitative estimate of drug-likeness (QED) is 0.663. The summed E-state index contributed by atoms with van der Waals surface area (Å²) in [7, 11) is 0. The largest absolute Gasteiger partial charge is 0.320 e. The molecule has 1 heterocycles. The number of nitrogens with one attached hydrogen (secondary N) is 1. The Hall–Kier alpha value is -1.80. The number of hydrogen-bond acceptors (Lipinski definition) is 3. The number of nitriles is 1. The summed E-state index contributed by atoms with van der Waals surface area (Å²) < 4.78 is 0. The fourth-order valence-corrected chi connectivity index (χ4v) is 2.56. The van der Waals surface area contributed by atoms with Gasteiger partial charge in [-0.1, -0.05) is 29.3 Å². The highest BCUT2D eigenvalue weighted by Crippen LogP contribution is 2.26. The van der Waals surface area contributed by atoms with Gasteiger partial charge in [-0.2, -0.15) is 5.26 Å². The average Bonchev–Trinajstić information content (AvgIpc) is 2.92. The lowest BCUT2D eigenvalue weighted by Gasteiger charge is -2.06. The molecule has 0 atom stereocenters. The molecule has 0 fully saturated rings. The zero-order valence-electron chi connectivity index (χ0n) is 10.1. The lowest BCUT2D eigenvalue weighted by atomic mass is 10.2. The number of carbonyl (C=O) groups excluding carboxylic acids is 1. The molecule has 1 amide bonds. The van der Waals surface area contributed by atoms with Gasteiger partial charge in [-0.3, -0.25) is 4.79 Å². The maximum Gasteiger partial charge on any atom is 0.266 e. The van der Waals surface area contributed by atoms with E-state index < -0.39 is 5.91 Å². The van der Waals surface area contributed by atoms with Crippen LogP contribution < -0.4 is 5.32 Å². The third-order valence-electron chi connectivity index (χ3n) is 2.37. The molecule has 2 rings (SSSR count). The van der Waals surface area contributed by atoms with E-state index in [2.05, 4.69) is 5.32 Å². The number of anilines is 1. The highest BCUT2D eigenvalue weighted by molar-refractivity contribution is 7.10. The summed E-state index contributed by atoms with van der Waals surface area (Å²) in [5.74, 6) is -0.509. The normalized spacial score (nSPS) is 10.9. The van der Waals surface area contributed by atoms with Gasteiger partial charge in [-0.25, -0.2) is 0 Å². The van der Waals surface area contributed by atoms with E-state index in [1.165, 1.54) is 23.5 Å². The van der Waals surface area contributed by atoms with Crippen molar-refractivity contribution in [2.45, 2.75) is 0 Å². The van der Waals surface area contributed by atoms with E-state index in [4.69, 9.17) is 28.5 Å². The Labute approximate surface area is 130 Å². The Morgan fingerprint density at radius 3 is 2.75 bits per heavy atom.